The molecule has 1 saturated heterocycles. The van der Waals surface area contributed by atoms with Crippen molar-refractivity contribution in [3.05, 3.63) is 32.6 Å². The van der Waals surface area contributed by atoms with Gasteiger partial charge in [-0.15, -0.1) is 5.16 Å². The highest BCUT2D eigenvalue weighted by molar-refractivity contribution is 5.21. The Kier molecular flexibility index (Phi) is 3.82. The first-order chi connectivity index (χ1) is 9.06. The van der Waals surface area contributed by atoms with Crippen LogP contribution in [-0.2, 0) is 9.57 Å². The Hall–Kier alpha value is -1.93. The van der Waals surface area contributed by atoms with Crippen molar-refractivity contribution in [1.82, 2.24) is 9.55 Å². The van der Waals surface area contributed by atoms with Crippen LogP contribution in [0.4, 0.5) is 0 Å². The Morgan fingerprint density at radius 3 is 3.05 bits per heavy atom. The number of aryl methyl sites for hydroxylation is 1. The quantitative estimate of drug-likeness (QED) is 0.545. The highest BCUT2D eigenvalue weighted by Gasteiger charge is 2.38. The van der Waals surface area contributed by atoms with Crippen LogP contribution in [0, 0.1) is 6.92 Å². The molecule has 1 aromatic heterocycles. The van der Waals surface area contributed by atoms with Gasteiger partial charge in [-0.25, -0.2) is 4.79 Å². The zero-order valence-electron chi connectivity index (χ0n) is 10.4. The predicted molar refractivity (Wildman–Crippen MR) is 66.1 cm³/mol. The van der Waals surface area contributed by atoms with E-state index in [1.165, 1.54) is 10.8 Å². The van der Waals surface area contributed by atoms with Crippen molar-refractivity contribution in [1.29, 1.82) is 0 Å². The lowest BCUT2D eigenvalue weighted by Crippen LogP contribution is -2.33. The van der Waals surface area contributed by atoms with E-state index in [4.69, 9.17) is 9.57 Å². The maximum atomic E-state index is 11.7. The minimum absolute atomic E-state index is 0.256. The average molecular weight is 269 g/mol. The number of aromatic nitrogens is 2. The maximum Gasteiger partial charge on any atom is 0.330 e. The third-order valence-electron chi connectivity index (χ3n) is 3.03. The second kappa shape index (κ2) is 5.37. The molecule has 1 fully saturated rings. The largest absolute Gasteiger partial charge is 0.394 e. The fraction of sp³-hybridized carbons (Fsp3) is 0.545. The van der Waals surface area contributed by atoms with Crippen LogP contribution in [-0.4, -0.2) is 40.2 Å². The van der Waals surface area contributed by atoms with Crippen LogP contribution in [0.1, 0.15) is 18.2 Å². The molecule has 104 valence electrons. The lowest BCUT2D eigenvalue weighted by Gasteiger charge is -2.14. The van der Waals surface area contributed by atoms with Gasteiger partial charge in [0.2, 0.25) is 0 Å². The molecule has 1 aliphatic rings. The van der Waals surface area contributed by atoms with Gasteiger partial charge in [0.15, 0.2) is 6.10 Å². The van der Waals surface area contributed by atoms with E-state index in [1.54, 1.807) is 6.92 Å². The van der Waals surface area contributed by atoms with Crippen LogP contribution in [0.25, 0.3) is 0 Å². The first kappa shape index (κ1) is 13.5. The van der Waals surface area contributed by atoms with E-state index in [-0.39, 0.29) is 6.61 Å². The summed E-state index contributed by atoms with van der Waals surface area (Å²) in [5, 5.41) is 12.5. The van der Waals surface area contributed by atoms with Gasteiger partial charge in [-0.05, 0) is 6.92 Å². The number of nitrogens with zero attached hydrogens (tertiary/aromatic N) is 2. The van der Waals surface area contributed by atoms with Gasteiger partial charge in [0, 0.05) is 24.9 Å². The number of oxime groups is 1. The normalized spacial score (nSPS) is 26.3. The molecule has 1 aliphatic heterocycles. The summed E-state index contributed by atoms with van der Waals surface area (Å²) in [4.78, 5) is 30.2. The zero-order chi connectivity index (χ0) is 14.0. The van der Waals surface area contributed by atoms with Crippen LogP contribution in [0.3, 0.4) is 0 Å². The number of ether oxygens (including phenoxy) is 1. The summed E-state index contributed by atoms with van der Waals surface area (Å²) in [6.07, 6.45) is 0.0628. The Labute approximate surface area is 108 Å². The fourth-order valence-corrected chi connectivity index (χ4v) is 2.04. The summed E-state index contributed by atoms with van der Waals surface area (Å²) >= 11 is 0. The van der Waals surface area contributed by atoms with Gasteiger partial charge in [0.1, 0.15) is 12.3 Å². The molecule has 0 aromatic carbocycles. The molecule has 0 radical (unpaired) electrons. The lowest BCUT2D eigenvalue weighted by atomic mass is 10.2. The smallest absolute Gasteiger partial charge is 0.330 e. The number of H-pyrrole nitrogens is 1. The van der Waals surface area contributed by atoms with Crippen molar-refractivity contribution >= 4 is 6.72 Å². The number of hydrogen-bond acceptors (Lipinski definition) is 6. The second-order valence-electron chi connectivity index (χ2n) is 4.30. The molecule has 8 nitrogen and oxygen atoms in total. The van der Waals surface area contributed by atoms with Crippen LogP contribution in [0.5, 0.6) is 0 Å². The minimum atomic E-state index is -0.619. The van der Waals surface area contributed by atoms with Gasteiger partial charge in [-0.1, -0.05) is 0 Å². The highest BCUT2D eigenvalue weighted by Crippen LogP contribution is 2.29. The molecular weight excluding hydrogens is 254 g/mol. The van der Waals surface area contributed by atoms with Crippen LogP contribution < -0.4 is 11.2 Å². The molecule has 0 aliphatic carbocycles. The molecule has 8 heteroatoms. The third-order valence-corrected chi connectivity index (χ3v) is 3.03. The van der Waals surface area contributed by atoms with Crippen LogP contribution in [0.15, 0.2) is 20.9 Å². The Morgan fingerprint density at radius 1 is 1.68 bits per heavy atom. The van der Waals surface area contributed by atoms with Crippen LogP contribution >= 0.6 is 0 Å². The van der Waals surface area contributed by atoms with Gasteiger partial charge in [-0.3, -0.25) is 14.3 Å². The van der Waals surface area contributed by atoms with Gasteiger partial charge >= 0.3 is 5.69 Å². The molecule has 1 unspecified atom stereocenters. The van der Waals surface area contributed by atoms with Crippen molar-refractivity contribution in [2.45, 2.75) is 31.8 Å². The SMILES string of the molecule is C=NOC1C[C@H](n2cc(C)c(=O)[nH]c2=O)O[C@@H]1CO. The summed E-state index contributed by atoms with van der Waals surface area (Å²) in [7, 11) is 0. The van der Waals surface area contributed by atoms with E-state index in [9.17, 15) is 14.7 Å². The summed E-state index contributed by atoms with van der Waals surface area (Å²) in [6.45, 7) is 4.54. The zero-order valence-corrected chi connectivity index (χ0v) is 10.4. The van der Waals surface area contributed by atoms with Gasteiger partial charge in [-0.2, -0.15) is 0 Å². The predicted octanol–water partition coefficient (Wildman–Crippen LogP) is -0.874. The van der Waals surface area contributed by atoms with E-state index in [0.717, 1.165) is 0 Å². The number of aromatic amines is 1. The summed E-state index contributed by atoms with van der Waals surface area (Å²) in [5.74, 6) is 0. The minimum Gasteiger partial charge on any atom is -0.394 e. The fourth-order valence-electron chi connectivity index (χ4n) is 2.04. The Balaban J connectivity index is 2.29. The van der Waals surface area contributed by atoms with Crippen molar-refractivity contribution in [3.8, 4) is 0 Å². The average Bonchev–Trinajstić information content (AvgIpc) is 2.77. The van der Waals surface area contributed by atoms with Crippen molar-refractivity contribution in [2.75, 3.05) is 6.61 Å². The Bertz CT molecular complexity index is 578. The van der Waals surface area contributed by atoms with Crippen molar-refractivity contribution in [2.24, 2.45) is 5.16 Å². The van der Waals surface area contributed by atoms with E-state index in [1.807, 2.05) is 0 Å². The Morgan fingerprint density at radius 2 is 2.42 bits per heavy atom. The molecule has 0 saturated carbocycles. The maximum absolute atomic E-state index is 11.7. The number of aliphatic hydroxyl groups excluding tert-OH is 1. The van der Waals surface area contributed by atoms with Crippen LogP contribution in [0.2, 0.25) is 0 Å². The molecule has 3 atom stereocenters. The standard InChI is InChI=1S/C11H15N3O5/c1-6-4-14(11(17)13-10(6)16)9-3-7(19-12-2)8(5-15)18-9/h4,7-9,15H,2-3,5H2,1H3,(H,13,16,17)/t7?,8-,9-/m1/s1. The first-order valence-electron chi connectivity index (χ1n) is 5.77. The van der Waals surface area contributed by atoms with E-state index in [2.05, 4.69) is 16.9 Å². The summed E-state index contributed by atoms with van der Waals surface area (Å²) < 4.78 is 6.79. The van der Waals surface area contributed by atoms with E-state index in [0.29, 0.717) is 12.0 Å². The topological polar surface area (TPSA) is 106 Å². The lowest BCUT2D eigenvalue weighted by molar-refractivity contribution is -0.0612. The van der Waals surface area contributed by atoms with Gasteiger partial charge in [0.25, 0.3) is 5.56 Å². The summed E-state index contributed by atoms with van der Waals surface area (Å²) in [6, 6.07) is 0. The van der Waals surface area contributed by atoms with E-state index < -0.39 is 29.7 Å². The summed E-state index contributed by atoms with van der Waals surface area (Å²) in [5.41, 5.74) is -0.599. The molecule has 0 amide bonds. The molecule has 1 aromatic rings. The first-order valence-corrected chi connectivity index (χ1v) is 5.77. The monoisotopic (exact) mass is 269 g/mol. The highest BCUT2D eigenvalue weighted by atomic mass is 16.7. The second-order valence-corrected chi connectivity index (χ2v) is 4.30. The third kappa shape index (κ3) is 2.59. The molecule has 19 heavy (non-hydrogen) atoms. The van der Waals surface area contributed by atoms with E-state index >= 15 is 0 Å². The molecule has 2 N–H and O–H groups in total. The number of hydrogen-bond donors (Lipinski definition) is 2. The number of nitrogens with one attached hydrogen (secondary N) is 1. The van der Waals surface area contributed by atoms with Gasteiger partial charge in [0.05, 0.1) is 6.61 Å². The molecule has 2 rings (SSSR count). The molecule has 2 heterocycles. The molecule has 0 spiro atoms. The van der Waals surface area contributed by atoms with Gasteiger partial charge < -0.3 is 14.7 Å². The number of aliphatic hydroxyl groups is 1. The van der Waals surface area contributed by atoms with Crippen molar-refractivity contribution < 1.29 is 14.7 Å². The molecular formula is C11H15N3O5. The van der Waals surface area contributed by atoms with Crippen molar-refractivity contribution in [3.63, 3.8) is 0 Å². The number of rotatable bonds is 4. The molecule has 0 bridgehead atoms.